The quantitative estimate of drug-likeness (QED) is 0.296. The van der Waals surface area contributed by atoms with Crippen molar-refractivity contribution >= 4 is 20.9 Å². The van der Waals surface area contributed by atoms with Gasteiger partial charge in [0, 0.05) is 47.4 Å². The number of pyridine rings is 1. The third kappa shape index (κ3) is 4.82. The average molecular weight is 518 g/mol. The van der Waals surface area contributed by atoms with E-state index in [9.17, 15) is 8.42 Å². The Morgan fingerprint density at radius 2 is 1.81 bits per heavy atom. The largest absolute Gasteiger partial charge is 0.497 e. The molecule has 0 bridgehead atoms. The zero-order valence-electron chi connectivity index (χ0n) is 21.2. The Labute approximate surface area is 214 Å². The van der Waals surface area contributed by atoms with Crippen LogP contribution in [-0.4, -0.2) is 56.3 Å². The minimum absolute atomic E-state index is 0.0920. The molecule has 0 saturated heterocycles. The fraction of sp³-hybridized carbons (Fsp3) is 0.269. The van der Waals surface area contributed by atoms with E-state index in [-0.39, 0.29) is 11.2 Å². The maximum absolute atomic E-state index is 12.1. The second kappa shape index (κ2) is 9.40. The van der Waals surface area contributed by atoms with Crippen LogP contribution in [0.1, 0.15) is 31.1 Å². The van der Waals surface area contributed by atoms with Gasteiger partial charge in [-0.3, -0.25) is 4.68 Å². The number of methoxy groups -OCH3 is 1. The van der Waals surface area contributed by atoms with E-state index in [0.717, 1.165) is 39.9 Å². The van der Waals surface area contributed by atoms with Crippen LogP contribution in [-0.2, 0) is 16.4 Å². The van der Waals surface area contributed by atoms with Gasteiger partial charge in [0.15, 0.2) is 5.65 Å². The minimum atomic E-state index is -3.56. The van der Waals surface area contributed by atoms with Crippen LogP contribution in [0.2, 0.25) is 0 Å². The van der Waals surface area contributed by atoms with Crippen molar-refractivity contribution in [2.75, 3.05) is 13.4 Å². The van der Waals surface area contributed by atoms with Crippen LogP contribution in [0, 0.1) is 6.92 Å². The first-order chi connectivity index (χ1) is 17.6. The molecule has 0 aliphatic rings. The number of fused-ring (bicyclic) bond motifs is 1. The van der Waals surface area contributed by atoms with Crippen molar-refractivity contribution in [1.82, 2.24) is 34.5 Å². The molecule has 0 N–H and O–H groups in total. The summed E-state index contributed by atoms with van der Waals surface area (Å²) in [6.07, 6.45) is 6.18. The lowest BCUT2D eigenvalue weighted by Crippen LogP contribution is -2.04. The van der Waals surface area contributed by atoms with Crippen molar-refractivity contribution in [2.24, 2.45) is 0 Å². The number of rotatable bonds is 7. The second-order valence-corrected chi connectivity index (χ2v) is 11.1. The lowest BCUT2D eigenvalue weighted by atomic mass is 10.1. The van der Waals surface area contributed by atoms with Crippen molar-refractivity contribution in [3.05, 3.63) is 66.2 Å². The zero-order valence-corrected chi connectivity index (χ0v) is 22.1. The van der Waals surface area contributed by atoms with E-state index in [2.05, 4.69) is 9.97 Å². The van der Waals surface area contributed by atoms with Crippen LogP contribution in [0.15, 0.2) is 60.1 Å². The summed E-state index contributed by atoms with van der Waals surface area (Å²) in [4.78, 5) is 13.0. The molecule has 0 aliphatic heterocycles. The van der Waals surface area contributed by atoms with Gasteiger partial charge in [-0.15, -0.1) is 0 Å². The highest BCUT2D eigenvalue weighted by Crippen LogP contribution is 2.33. The van der Waals surface area contributed by atoms with Gasteiger partial charge in [-0.1, -0.05) is 12.1 Å². The van der Waals surface area contributed by atoms with Gasteiger partial charge < -0.3 is 4.74 Å². The Hall–Kier alpha value is -4.12. The Balaban J connectivity index is 1.58. The van der Waals surface area contributed by atoms with Gasteiger partial charge >= 0.3 is 0 Å². The van der Waals surface area contributed by atoms with Crippen LogP contribution in [0.4, 0.5) is 0 Å². The van der Waals surface area contributed by atoms with Crippen LogP contribution in [0.3, 0.4) is 0 Å². The van der Waals surface area contributed by atoms with Crippen LogP contribution in [0.25, 0.3) is 33.5 Å². The minimum Gasteiger partial charge on any atom is -0.497 e. The number of hydrogen-bond acceptors (Lipinski definition) is 8. The molecule has 0 amide bonds. The molecule has 10 nitrogen and oxygen atoms in total. The average Bonchev–Trinajstić information content (AvgIpc) is 3.46. The van der Waals surface area contributed by atoms with Crippen molar-refractivity contribution in [3.63, 3.8) is 0 Å². The third-order valence-electron chi connectivity index (χ3n) is 6.04. The standard InChI is InChI=1S/C26H27N7O3S/c1-16(2)32-15-22(23-10-11-27-26(29-23)37(5,34)35)24(31-32)19-12-21-17(3)30-33(25(21)28-13-19)14-18-6-8-20(36-4)9-7-18/h6-13,15-16H,14H2,1-5H3. The molecule has 190 valence electrons. The maximum Gasteiger partial charge on any atom is 0.247 e. The van der Waals surface area contributed by atoms with Gasteiger partial charge in [0.2, 0.25) is 15.0 Å². The molecular formula is C26H27N7O3S. The molecule has 0 aliphatic carbocycles. The number of aryl methyl sites for hydroxylation is 1. The maximum atomic E-state index is 12.1. The number of aromatic nitrogens is 7. The molecule has 0 fully saturated rings. The summed E-state index contributed by atoms with van der Waals surface area (Å²) in [5.74, 6) is 0.803. The first kappa shape index (κ1) is 24.6. The van der Waals surface area contributed by atoms with E-state index in [0.29, 0.717) is 23.5 Å². The third-order valence-corrected chi connectivity index (χ3v) is 6.90. The zero-order chi connectivity index (χ0) is 26.3. The van der Waals surface area contributed by atoms with Gasteiger partial charge in [-0.25, -0.2) is 28.1 Å². The van der Waals surface area contributed by atoms with Crippen molar-refractivity contribution in [1.29, 1.82) is 0 Å². The van der Waals surface area contributed by atoms with E-state index >= 15 is 0 Å². The molecular weight excluding hydrogens is 490 g/mol. The number of hydrogen-bond donors (Lipinski definition) is 0. The predicted molar refractivity (Wildman–Crippen MR) is 140 cm³/mol. The Kier molecular flexibility index (Phi) is 6.24. The van der Waals surface area contributed by atoms with Crippen molar-refractivity contribution < 1.29 is 13.2 Å². The van der Waals surface area contributed by atoms with Crippen LogP contribution < -0.4 is 4.74 Å². The van der Waals surface area contributed by atoms with Gasteiger partial charge in [0.1, 0.15) is 11.4 Å². The lowest BCUT2D eigenvalue weighted by Gasteiger charge is -2.06. The van der Waals surface area contributed by atoms with E-state index in [1.54, 1.807) is 19.4 Å². The van der Waals surface area contributed by atoms with Crippen molar-refractivity contribution in [2.45, 2.75) is 38.5 Å². The van der Waals surface area contributed by atoms with Crippen LogP contribution in [0.5, 0.6) is 5.75 Å². The first-order valence-corrected chi connectivity index (χ1v) is 13.6. The van der Waals surface area contributed by atoms with Gasteiger partial charge in [-0.05, 0) is 50.6 Å². The first-order valence-electron chi connectivity index (χ1n) is 11.7. The lowest BCUT2D eigenvalue weighted by molar-refractivity contribution is 0.414. The fourth-order valence-corrected chi connectivity index (χ4v) is 4.60. The Morgan fingerprint density at radius 1 is 1.05 bits per heavy atom. The summed E-state index contributed by atoms with van der Waals surface area (Å²) >= 11 is 0. The summed E-state index contributed by atoms with van der Waals surface area (Å²) in [7, 11) is -1.92. The monoisotopic (exact) mass is 517 g/mol. The number of nitrogens with zero attached hydrogens (tertiary/aromatic N) is 7. The molecule has 4 heterocycles. The Bertz CT molecular complexity index is 1700. The van der Waals surface area contributed by atoms with E-state index in [1.165, 1.54) is 6.20 Å². The molecule has 11 heteroatoms. The summed E-state index contributed by atoms with van der Waals surface area (Å²) in [5.41, 5.74) is 5.32. The van der Waals surface area contributed by atoms with Gasteiger partial charge in [0.05, 0.1) is 25.0 Å². The SMILES string of the molecule is COc1ccc(Cn2nc(C)c3cc(-c4nn(C(C)C)cc4-c4ccnc(S(C)(=O)=O)n4)cnc32)cc1. The number of sulfone groups is 1. The summed E-state index contributed by atoms with van der Waals surface area (Å²) < 4.78 is 33.1. The Morgan fingerprint density at radius 3 is 2.49 bits per heavy atom. The predicted octanol–water partition coefficient (Wildman–Crippen LogP) is 4.10. The molecule has 0 radical (unpaired) electrons. The highest BCUT2D eigenvalue weighted by atomic mass is 32.2. The van der Waals surface area contributed by atoms with Gasteiger partial charge in [-0.2, -0.15) is 10.2 Å². The van der Waals surface area contributed by atoms with Gasteiger partial charge in [0.25, 0.3) is 0 Å². The molecule has 0 unspecified atom stereocenters. The van der Waals surface area contributed by atoms with Crippen molar-refractivity contribution in [3.8, 4) is 28.3 Å². The van der Waals surface area contributed by atoms with E-state index in [1.807, 2.05) is 66.7 Å². The number of benzene rings is 1. The second-order valence-electron chi connectivity index (χ2n) is 9.15. The molecule has 37 heavy (non-hydrogen) atoms. The van der Waals surface area contributed by atoms with E-state index < -0.39 is 9.84 Å². The fourth-order valence-electron chi connectivity index (χ4n) is 4.08. The molecule has 0 spiro atoms. The highest BCUT2D eigenvalue weighted by molar-refractivity contribution is 7.90. The summed E-state index contributed by atoms with van der Waals surface area (Å²) in [5, 5.41) is 10.2. The molecule has 4 aromatic heterocycles. The topological polar surface area (TPSA) is 118 Å². The molecule has 1 aromatic carbocycles. The smallest absolute Gasteiger partial charge is 0.247 e. The molecule has 0 atom stereocenters. The molecule has 5 rings (SSSR count). The van der Waals surface area contributed by atoms with E-state index in [4.69, 9.17) is 19.9 Å². The highest BCUT2D eigenvalue weighted by Gasteiger charge is 2.20. The molecule has 5 aromatic rings. The molecule has 0 saturated carbocycles. The summed E-state index contributed by atoms with van der Waals surface area (Å²) in [6, 6.07) is 11.7. The number of ether oxygens (including phenoxy) is 1. The normalized spacial score (nSPS) is 11.9. The summed E-state index contributed by atoms with van der Waals surface area (Å²) in [6.45, 7) is 6.58. The van der Waals surface area contributed by atoms with Crippen LogP contribution >= 0.6 is 0 Å².